The van der Waals surface area contributed by atoms with Crippen molar-refractivity contribution in [1.82, 2.24) is 19.8 Å². The van der Waals surface area contributed by atoms with E-state index in [9.17, 15) is 5.11 Å². The van der Waals surface area contributed by atoms with Crippen LogP contribution in [0.5, 0.6) is 0 Å². The van der Waals surface area contributed by atoms with Crippen molar-refractivity contribution in [2.45, 2.75) is 63.5 Å². The van der Waals surface area contributed by atoms with Gasteiger partial charge in [0.25, 0.3) is 0 Å². The smallest absolute Gasteiger partial charge is 0.137 e. The molecule has 140 valence electrons. The van der Waals surface area contributed by atoms with Crippen LogP contribution in [-0.2, 0) is 7.05 Å². The largest absolute Gasteiger partial charge is 0.385 e. The third-order valence-corrected chi connectivity index (χ3v) is 7.34. The maximum Gasteiger partial charge on any atom is 0.137 e. The summed E-state index contributed by atoms with van der Waals surface area (Å²) in [7, 11) is 1.97. The van der Waals surface area contributed by atoms with Crippen LogP contribution in [0.2, 0.25) is 0 Å². The molecule has 1 aromatic rings. The molecule has 5 nitrogen and oxygen atoms in total. The van der Waals surface area contributed by atoms with Gasteiger partial charge in [-0.05, 0) is 88.9 Å². The van der Waals surface area contributed by atoms with Crippen LogP contribution in [0.15, 0.2) is 12.4 Å². The average Bonchev–Trinajstić information content (AvgIpc) is 3.09. The highest BCUT2D eigenvalue weighted by molar-refractivity contribution is 4.99. The van der Waals surface area contributed by atoms with E-state index in [1.54, 1.807) is 6.20 Å². The molecule has 5 heteroatoms. The van der Waals surface area contributed by atoms with E-state index < -0.39 is 6.10 Å². The Bertz CT molecular complexity index is 548. The van der Waals surface area contributed by atoms with Crippen molar-refractivity contribution in [3.05, 3.63) is 18.2 Å². The monoisotopic (exact) mass is 346 g/mol. The lowest BCUT2D eigenvalue weighted by molar-refractivity contribution is 0.0147. The van der Waals surface area contributed by atoms with E-state index in [-0.39, 0.29) is 0 Å². The number of likely N-dealkylation sites (tertiary alicyclic amines) is 1. The maximum atomic E-state index is 10.7. The summed E-state index contributed by atoms with van der Waals surface area (Å²) < 4.78 is 1.96. The predicted molar refractivity (Wildman–Crippen MR) is 99.3 cm³/mol. The number of hydrogen-bond acceptors (Lipinski definition) is 4. The molecular formula is C20H34N4O. The molecule has 2 aliphatic heterocycles. The van der Waals surface area contributed by atoms with E-state index in [1.807, 2.05) is 17.8 Å². The molecule has 1 aliphatic carbocycles. The van der Waals surface area contributed by atoms with Crippen molar-refractivity contribution in [3.63, 3.8) is 0 Å². The zero-order valence-corrected chi connectivity index (χ0v) is 15.7. The first-order chi connectivity index (χ1) is 12.2. The molecule has 2 N–H and O–H groups in total. The van der Waals surface area contributed by atoms with Gasteiger partial charge in [-0.25, -0.2) is 4.98 Å². The molecule has 0 radical (unpaired) electrons. The number of imidazole rings is 1. The van der Waals surface area contributed by atoms with E-state index >= 15 is 0 Å². The van der Waals surface area contributed by atoms with E-state index in [1.165, 1.54) is 51.6 Å². The van der Waals surface area contributed by atoms with Gasteiger partial charge in [0.2, 0.25) is 0 Å². The highest BCUT2D eigenvalue weighted by Crippen LogP contribution is 2.45. The van der Waals surface area contributed by atoms with Crippen molar-refractivity contribution in [1.29, 1.82) is 0 Å². The molecule has 1 aromatic heterocycles. The number of rotatable bonds is 3. The standard InChI is InChI=1S/C20H34N4O/c1-23-15-12-22-19(23)18(25)16-4-13-24(14-5-16)17-2-6-20(7-3-17)8-10-21-11-9-20/h12,15-18,21,25H,2-11,13-14H2,1H3. The number of aliphatic hydroxyl groups is 1. The molecule has 3 fully saturated rings. The maximum absolute atomic E-state index is 10.7. The fourth-order valence-electron chi connectivity index (χ4n) is 5.51. The fraction of sp³-hybridized carbons (Fsp3) is 0.850. The van der Waals surface area contributed by atoms with Crippen LogP contribution in [0.1, 0.15) is 63.3 Å². The highest BCUT2D eigenvalue weighted by atomic mass is 16.3. The molecule has 1 unspecified atom stereocenters. The fourth-order valence-corrected chi connectivity index (χ4v) is 5.51. The second kappa shape index (κ2) is 7.37. The van der Waals surface area contributed by atoms with Gasteiger partial charge < -0.3 is 19.9 Å². The zero-order chi connectivity index (χ0) is 17.3. The summed E-state index contributed by atoms with van der Waals surface area (Å²) >= 11 is 0. The average molecular weight is 347 g/mol. The van der Waals surface area contributed by atoms with Gasteiger partial charge in [0.15, 0.2) is 0 Å². The Morgan fingerprint density at radius 3 is 2.40 bits per heavy atom. The van der Waals surface area contributed by atoms with Crippen LogP contribution in [0.4, 0.5) is 0 Å². The molecule has 25 heavy (non-hydrogen) atoms. The molecule has 0 bridgehead atoms. The first-order valence-electron chi connectivity index (χ1n) is 10.3. The Hall–Kier alpha value is -0.910. The quantitative estimate of drug-likeness (QED) is 0.883. The summed E-state index contributed by atoms with van der Waals surface area (Å²) in [6.07, 6.45) is 13.9. The Morgan fingerprint density at radius 2 is 1.80 bits per heavy atom. The van der Waals surface area contributed by atoms with E-state index in [0.29, 0.717) is 11.3 Å². The molecule has 3 aliphatic rings. The lowest BCUT2D eigenvalue weighted by Crippen LogP contribution is -2.47. The van der Waals surface area contributed by atoms with Gasteiger partial charge in [0.1, 0.15) is 11.9 Å². The first kappa shape index (κ1) is 17.5. The van der Waals surface area contributed by atoms with Gasteiger partial charge in [-0.3, -0.25) is 0 Å². The molecular weight excluding hydrogens is 312 g/mol. The molecule has 1 saturated carbocycles. The molecule has 0 aromatic carbocycles. The Balaban J connectivity index is 1.27. The molecule has 0 amide bonds. The lowest BCUT2D eigenvalue weighted by atomic mass is 9.67. The third-order valence-electron chi connectivity index (χ3n) is 7.34. The first-order valence-corrected chi connectivity index (χ1v) is 10.3. The van der Waals surface area contributed by atoms with E-state index in [2.05, 4.69) is 15.2 Å². The number of hydrogen-bond donors (Lipinski definition) is 2. The topological polar surface area (TPSA) is 53.3 Å². The van der Waals surface area contributed by atoms with Gasteiger partial charge in [0.05, 0.1) is 0 Å². The molecule has 1 spiro atoms. The van der Waals surface area contributed by atoms with Crippen molar-refractivity contribution < 1.29 is 5.11 Å². The van der Waals surface area contributed by atoms with Gasteiger partial charge in [-0.15, -0.1) is 0 Å². The van der Waals surface area contributed by atoms with Crippen molar-refractivity contribution in [2.75, 3.05) is 26.2 Å². The van der Waals surface area contributed by atoms with Crippen LogP contribution in [-0.4, -0.2) is 51.8 Å². The third kappa shape index (κ3) is 3.64. The molecule has 2 saturated heterocycles. The minimum atomic E-state index is -0.411. The number of nitrogens with zero attached hydrogens (tertiary/aromatic N) is 3. The summed E-state index contributed by atoms with van der Waals surface area (Å²) in [5.74, 6) is 1.18. The summed E-state index contributed by atoms with van der Waals surface area (Å²) in [5, 5.41) is 14.2. The highest BCUT2D eigenvalue weighted by Gasteiger charge is 2.39. The van der Waals surface area contributed by atoms with Crippen LogP contribution in [0, 0.1) is 11.3 Å². The molecule has 4 rings (SSSR count). The van der Waals surface area contributed by atoms with E-state index in [4.69, 9.17) is 0 Å². The molecule has 1 atom stereocenters. The van der Waals surface area contributed by atoms with E-state index in [0.717, 1.165) is 37.8 Å². The second-order valence-electron chi connectivity index (χ2n) is 8.70. The Labute approximate surface area is 151 Å². The van der Waals surface area contributed by atoms with Crippen LogP contribution in [0.25, 0.3) is 0 Å². The Kier molecular flexibility index (Phi) is 5.16. The summed E-state index contributed by atoms with van der Waals surface area (Å²) in [5.41, 5.74) is 0.661. The zero-order valence-electron chi connectivity index (χ0n) is 15.7. The minimum Gasteiger partial charge on any atom is -0.385 e. The minimum absolute atomic E-state index is 0.358. The number of piperidine rings is 2. The summed E-state index contributed by atoms with van der Waals surface area (Å²) in [6, 6.07) is 0.784. The van der Waals surface area contributed by atoms with Gasteiger partial charge in [-0.2, -0.15) is 0 Å². The SMILES string of the molecule is Cn1ccnc1C(O)C1CCN(C2CCC3(CCNCC3)CC2)CC1. The number of aliphatic hydroxyl groups excluding tert-OH is 1. The second-order valence-corrected chi connectivity index (χ2v) is 8.70. The van der Waals surface area contributed by atoms with Crippen molar-refractivity contribution >= 4 is 0 Å². The summed E-state index contributed by atoms with van der Waals surface area (Å²) in [6.45, 7) is 4.74. The number of aryl methyl sites for hydroxylation is 1. The van der Waals surface area contributed by atoms with Gasteiger partial charge in [-0.1, -0.05) is 0 Å². The normalized spacial score (nSPS) is 27.6. The van der Waals surface area contributed by atoms with Gasteiger partial charge >= 0.3 is 0 Å². The van der Waals surface area contributed by atoms with Gasteiger partial charge in [0, 0.05) is 25.5 Å². The Morgan fingerprint density at radius 1 is 1.12 bits per heavy atom. The van der Waals surface area contributed by atoms with Crippen molar-refractivity contribution in [2.24, 2.45) is 18.4 Å². The summed E-state index contributed by atoms with van der Waals surface area (Å²) in [4.78, 5) is 7.06. The van der Waals surface area contributed by atoms with Crippen molar-refractivity contribution in [3.8, 4) is 0 Å². The lowest BCUT2D eigenvalue weighted by Gasteiger charge is -2.47. The molecule has 3 heterocycles. The van der Waals surface area contributed by atoms with Crippen LogP contribution >= 0.6 is 0 Å². The number of nitrogens with one attached hydrogen (secondary N) is 1. The number of aromatic nitrogens is 2. The van der Waals surface area contributed by atoms with Crippen LogP contribution < -0.4 is 5.32 Å². The predicted octanol–water partition coefficient (Wildman–Crippen LogP) is 2.48. The van der Waals surface area contributed by atoms with Crippen LogP contribution in [0.3, 0.4) is 0 Å².